The summed E-state index contributed by atoms with van der Waals surface area (Å²) < 4.78 is 11.5. The van der Waals surface area contributed by atoms with Crippen LogP contribution in [0.1, 0.15) is 32.6 Å². The Hall–Kier alpha value is -1.75. The predicted octanol–water partition coefficient (Wildman–Crippen LogP) is 3.26. The van der Waals surface area contributed by atoms with Crippen molar-refractivity contribution in [3.8, 4) is 5.75 Å². The molecule has 1 N–H and O–H groups in total. The van der Waals surface area contributed by atoms with Crippen LogP contribution >= 0.6 is 0 Å². The number of benzene rings is 1. The van der Waals surface area contributed by atoms with Gasteiger partial charge in [0.2, 0.25) is 0 Å². The van der Waals surface area contributed by atoms with Gasteiger partial charge in [-0.25, -0.2) is 4.79 Å². The Balaban J connectivity index is 1.64. The molecule has 5 nitrogen and oxygen atoms in total. The Morgan fingerprint density at radius 1 is 1.32 bits per heavy atom. The van der Waals surface area contributed by atoms with Crippen LogP contribution in [0.4, 0.5) is 10.5 Å². The van der Waals surface area contributed by atoms with E-state index in [4.69, 9.17) is 9.47 Å². The molecule has 0 radical (unpaired) electrons. The van der Waals surface area contributed by atoms with Gasteiger partial charge < -0.3 is 19.7 Å². The van der Waals surface area contributed by atoms with Gasteiger partial charge in [0.05, 0.1) is 24.5 Å². The minimum Gasteiger partial charge on any atom is -0.488 e. The third-order valence-electron chi connectivity index (χ3n) is 4.25. The number of hydrogen-bond donors (Lipinski definition) is 1. The number of nitrogens with one attached hydrogen (secondary N) is 1. The first-order valence-electron chi connectivity index (χ1n) is 8.15. The highest BCUT2D eigenvalue weighted by molar-refractivity contribution is 5.91. The lowest BCUT2D eigenvalue weighted by atomic mass is 10.2. The monoisotopic (exact) mass is 304 g/mol. The molecule has 0 aromatic heterocycles. The topological polar surface area (TPSA) is 50.8 Å². The summed E-state index contributed by atoms with van der Waals surface area (Å²) >= 11 is 0. The molecule has 120 valence electrons. The molecule has 1 aromatic rings. The molecule has 1 aromatic carbocycles. The highest BCUT2D eigenvalue weighted by Gasteiger charge is 2.23. The third kappa shape index (κ3) is 3.71. The average Bonchev–Trinajstić information content (AvgIpc) is 3.02. The van der Waals surface area contributed by atoms with Gasteiger partial charge in [-0.15, -0.1) is 0 Å². The summed E-state index contributed by atoms with van der Waals surface area (Å²) in [5, 5.41) is 2.98. The van der Waals surface area contributed by atoms with Crippen LogP contribution in [0.25, 0.3) is 0 Å². The Kier molecular flexibility index (Phi) is 4.83. The predicted molar refractivity (Wildman–Crippen MR) is 85.3 cm³/mol. The van der Waals surface area contributed by atoms with Gasteiger partial charge in [0.25, 0.3) is 0 Å². The molecule has 1 saturated heterocycles. The van der Waals surface area contributed by atoms with Crippen molar-refractivity contribution in [2.45, 2.75) is 44.8 Å². The van der Waals surface area contributed by atoms with Crippen molar-refractivity contribution in [3.63, 3.8) is 0 Å². The molecule has 1 aliphatic heterocycles. The van der Waals surface area contributed by atoms with E-state index in [-0.39, 0.29) is 18.2 Å². The number of carbonyl (C=O) groups is 1. The lowest BCUT2D eigenvalue weighted by Gasteiger charge is -2.31. The second kappa shape index (κ2) is 7.01. The summed E-state index contributed by atoms with van der Waals surface area (Å²) in [6, 6.07) is 7.59. The number of morpholine rings is 1. The van der Waals surface area contributed by atoms with E-state index in [2.05, 4.69) is 5.32 Å². The van der Waals surface area contributed by atoms with Crippen molar-refractivity contribution in [1.82, 2.24) is 4.90 Å². The lowest BCUT2D eigenvalue weighted by Crippen LogP contribution is -2.46. The lowest BCUT2D eigenvalue weighted by molar-refractivity contribution is -0.00139. The van der Waals surface area contributed by atoms with Crippen molar-refractivity contribution < 1.29 is 14.3 Å². The molecule has 0 unspecified atom stereocenters. The number of para-hydroxylation sites is 2. The Morgan fingerprint density at radius 3 is 2.86 bits per heavy atom. The van der Waals surface area contributed by atoms with Gasteiger partial charge in [-0.05, 0) is 44.7 Å². The van der Waals surface area contributed by atoms with E-state index in [1.165, 1.54) is 12.8 Å². The second-order valence-electron chi connectivity index (χ2n) is 6.08. The zero-order chi connectivity index (χ0) is 15.4. The fraction of sp³-hybridized carbons (Fsp3) is 0.588. The van der Waals surface area contributed by atoms with Gasteiger partial charge >= 0.3 is 6.03 Å². The van der Waals surface area contributed by atoms with Gasteiger partial charge in [-0.1, -0.05) is 12.1 Å². The van der Waals surface area contributed by atoms with Crippen molar-refractivity contribution in [2.75, 3.05) is 25.0 Å². The highest BCUT2D eigenvalue weighted by atomic mass is 16.5. The molecule has 1 aliphatic carbocycles. The zero-order valence-electron chi connectivity index (χ0n) is 13.1. The Labute approximate surface area is 131 Å². The van der Waals surface area contributed by atoms with Crippen molar-refractivity contribution in [1.29, 1.82) is 0 Å². The van der Waals surface area contributed by atoms with Crippen molar-refractivity contribution >= 4 is 11.7 Å². The number of urea groups is 1. The molecular formula is C17H24N2O3. The molecule has 1 saturated carbocycles. The first kappa shape index (κ1) is 15.2. The molecule has 0 spiro atoms. The minimum atomic E-state index is -0.0855. The number of rotatable bonds is 3. The van der Waals surface area contributed by atoms with Crippen LogP contribution in [0.3, 0.4) is 0 Å². The summed E-state index contributed by atoms with van der Waals surface area (Å²) in [7, 11) is 0. The first-order chi connectivity index (χ1) is 10.7. The summed E-state index contributed by atoms with van der Waals surface area (Å²) in [5.74, 6) is 0.768. The van der Waals surface area contributed by atoms with Gasteiger partial charge in [-0.3, -0.25) is 0 Å². The fourth-order valence-electron chi connectivity index (χ4n) is 3.06. The highest BCUT2D eigenvalue weighted by Crippen LogP contribution is 2.29. The summed E-state index contributed by atoms with van der Waals surface area (Å²) in [6.45, 7) is 3.82. The average molecular weight is 304 g/mol. The van der Waals surface area contributed by atoms with Crippen molar-refractivity contribution in [3.05, 3.63) is 24.3 Å². The second-order valence-corrected chi connectivity index (χ2v) is 6.08. The molecular weight excluding hydrogens is 280 g/mol. The first-order valence-corrected chi connectivity index (χ1v) is 8.15. The SMILES string of the molecule is C[C@@H]1CN(C(=O)Nc2ccccc2OC2CCCC2)CCO1. The smallest absolute Gasteiger partial charge is 0.322 e. The molecule has 1 heterocycles. The maximum absolute atomic E-state index is 12.4. The summed E-state index contributed by atoms with van der Waals surface area (Å²) in [6.07, 6.45) is 5.02. The van der Waals surface area contributed by atoms with Gasteiger partial charge in [0, 0.05) is 13.1 Å². The van der Waals surface area contributed by atoms with E-state index in [1.54, 1.807) is 4.90 Å². The molecule has 2 amide bonds. The van der Waals surface area contributed by atoms with E-state index in [9.17, 15) is 4.79 Å². The van der Waals surface area contributed by atoms with Crippen molar-refractivity contribution in [2.24, 2.45) is 0 Å². The maximum atomic E-state index is 12.4. The van der Waals surface area contributed by atoms with Gasteiger partial charge in [0.1, 0.15) is 5.75 Å². The quantitative estimate of drug-likeness (QED) is 0.932. The Morgan fingerprint density at radius 2 is 2.09 bits per heavy atom. The van der Waals surface area contributed by atoms with Crippen LogP contribution in [0.15, 0.2) is 24.3 Å². The van der Waals surface area contributed by atoms with E-state index in [0.717, 1.165) is 24.3 Å². The van der Waals surface area contributed by atoms with Crippen LogP contribution in [-0.4, -0.2) is 42.8 Å². The number of amides is 2. The number of carbonyl (C=O) groups excluding carboxylic acids is 1. The van der Waals surface area contributed by atoms with E-state index in [1.807, 2.05) is 31.2 Å². The Bertz CT molecular complexity index is 514. The van der Waals surface area contributed by atoms with Crippen LogP contribution in [-0.2, 0) is 4.74 Å². The van der Waals surface area contributed by atoms with E-state index < -0.39 is 0 Å². The van der Waals surface area contributed by atoms with E-state index >= 15 is 0 Å². The molecule has 22 heavy (non-hydrogen) atoms. The standard InChI is InChI=1S/C17H24N2O3/c1-13-12-19(10-11-21-13)17(20)18-15-8-4-5-9-16(15)22-14-6-2-3-7-14/h4-5,8-9,13-14H,2-3,6-7,10-12H2,1H3,(H,18,20)/t13-/m1/s1. The number of nitrogens with zero attached hydrogens (tertiary/aromatic N) is 1. The van der Waals surface area contributed by atoms with Crippen LogP contribution in [0.2, 0.25) is 0 Å². The minimum absolute atomic E-state index is 0.0855. The molecule has 1 atom stereocenters. The summed E-state index contributed by atoms with van der Waals surface area (Å²) in [5.41, 5.74) is 0.749. The zero-order valence-corrected chi connectivity index (χ0v) is 13.1. The van der Waals surface area contributed by atoms with Crippen LogP contribution in [0.5, 0.6) is 5.75 Å². The number of hydrogen-bond acceptors (Lipinski definition) is 3. The third-order valence-corrected chi connectivity index (χ3v) is 4.25. The van der Waals surface area contributed by atoms with Crippen LogP contribution < -0.4 is 10.1 Å². The summed E-state index contributed by atoms with van der Waals surface area (Å²) in [4.78, 5) is 14.2. The maximum Gasteiger partial charge on any atom is 0.322 e. The molecule has 5 heteroatoms. The van der Waals surface area contributed by atoms with Gasteiger partial charge in [0.15, 0.2) is 0 Å². The van der Waals surface area contributed by atoms with Gasteiger partial charge in [-0.2, -0.15) is 0 Å². The number of anilines is 1. The largest absolute Gasteiger partial charge is 0.488 e. The molecule has 0 bridgehead atoms. The molecule has 2 aliphatic rings. The van der Waals surface area contributed by atoms with Crippen LogP contribution in [0, 0.1) is 0 Å². The fourth-order valence-corrected chi connectivity index (χ4v) is 3.06. The number of ether oxygens (including phenoxy) is 2. The molecule has 3 rings (SSSR count). The normalized spacial score (nSPS) is 22.6. The van der Waals surface area contributed by atoms with E-state index in [0.29, 0.717) is 19.7 Å². The molecule has 2 fully saturated rings.